The van der Waals surface area contributed by atoms with E-state index in [1.807, 2.05) is 37.4 Å². The number of nitrogens with one attached hydrogen (secondary N) is 2. The monoisotopic (exact) mass is 276 g/mol. The Hall–Kier alpha value is -1.65. The highest BCUT2D eigenvalue weighted by Gasteiger charge is 2.06. The number of carbonyl (C=O) groups is 1. The predicted octanol–water partition coefficient (Wildman–Crippen LogP) is 2.13. The molecule has 0 spiro atoms. The zero-order valence-corrected chi connectivity index (χ0v) is 12.0. The molecule has 0 radical (unpaired) electrons. The van der Waals surface area contributed by atoms with Gasteiger partial charge in [-0.1, -0.05) is 30.4 Å². The molecule has 0 aliphatic carbocycles. The van der Waals surface area contributed by atoms with Gasteiger partial charge in [0.2, 0.25) is 6.23 Å². The fourth-order valence-corrected chi connectivity index (χ4v) is 1.70. The van der Waals surface area contributed by atoms with Crippen LogP contribution in [0.25, 0.3) is 0 Å². The fraction of sp³-hybridized carbons (Fsp3) is 0.438. The zero-order chi connectivity index (χ0) is 14.5. The van der Waals surface area contributed by atoms with E-state index in [9.17, 15) is 4.79 Å². The van der Waals surface area contributed by atoms with Crippen LogP contribution in [0, 0.1) is 0 Å². The summed E-state index contributed by atoms with van der Waals surface area (Å²) in [5.41, 5.74) is 0. The van der Waals surface area contributed by atoms with Gasteiger partial charge in [0.15, 0.2) is 6.29 Å². The van der Waals surface area contributed by atoms with Gasteiger partial charge in [-0.05, 0) is 45.0 Å². The lowest BCUT2D eigenvalue weighted by atomic mass is 10.2. The normalized spacial score (nSPS) is 12.4. The number of para-hydroxylation sites is 1. The van der Waals surface area contributed by atoms with Gasteiger partial charge >= 0.3 is 0 Å². The largest absolute Gasteiger partial charge is 0.468 e. The Bertz CT molecular complexity index is 379. The number of rotatable bonds is 11. The number of unbranched alkanes of at least 4 members (excludes halogenated alkanes) is 1. The number of aldehydes is 1. The molecular weight excluding hydrogens is 252 g/mol. The summed E-state index contributed by atoms with van der Waals surface area (Å²) in [6.07, 6.45) is 7.62. The predicted molar refractivity (Wildman–Crippen MR) is 81.8 cm³/mol. The third-order valence-electron chi connectivity index (χ3n) is 2.75. The first kappa shape index (κ1) is 16.4. The van der Waals surface area contributed by atoms with Crippen LogP contribution in [0.15, 0.2) is 42.5 Å². The van der Waals surface area contributed by atoms with Crippen molar-refractivity contribution in [3.63, 3.8) is 0 Å². The lowest BCUT2D eigenvalue weighted by Crippen LogP contribution is -2.36. The quantitative estimate of drug-likeness (QED) is 0.281. The minimum atomic E-state index is -0.588. The minimum Gasteiger partial charge on any atom is -0.468 e. The van der Waals surface area contributed by atoms with E-state index in [1.54, 1.807) is 0 Å². The highest BCUT2D eigenvalue weighted by atomic mass is 16.5. The summed E-state index contributed by atoms with van der Waals surface area (Å²) in [6.45, 7) is 1.76. The van der Waals surface area contributed by atoms with Crippen molar-refractivity contribution in [2.45, 2.75) is 25.5 Å². The van der Waals surface area contributed by atoms with E-state index in [-0.39, 0.29) is 0 Å². The number of hydrogen-bond acceptors (Lipinski definition) is 4. The van der Waals surface area contributed by atoms with E-state index in [2.05, 4.69) is 22.8 Å². The van der Waals surface area contributed by atoms with Crippen LogP contribution in [0.2, 0.25) is 0 Å². The van der Waals surface area contributed by atoms with Crippen LogP contribution in [0.1, 0.15) is 19.3 Å². The molecule has 0 saturated carbocycles. The van der Waals surface area contributed by atoms with E-state index in [0.717, 1.165) is 38.6 Å². The molecule has 4 nitrogen and oxygen atoms in total. The summed E-state index contributed by atoms with van der Waals surface area (Å²) in [5, 5.41) is 6.18. The molecule has 20 heavy (non-hydrogen) atoms. The summed E-state index contributed by atoms with van der Waals surface area (Å²) in [7, 11) is 1.96. The number of carbonyl (C=O) groups excluding carboxylic acids is 1. The van der Waals surface area contributed by atoms with Crippen LogP contribution in [0.3, 0.4) is 0 Å². The number of allylic oxidation sites excluding steroid dienone is 1. The SMILES string of the molecule is CNCCC/C=C\CCN[C@@H](C=O)Oc1ccccc1. The van der Waals surface area contributed by atoms with Crippen molar-refractivity contribution < 1.29 is 9.53 Å². The average Bonchev–Trinajstić information content (AvgIpc) is 2.49. The third-order valence-corrected chi connectivity index (χ3v) is 2.75. The molecular formula is C16H24N2O2. The number of hydrogen-bond donors (Lipinski definition) is 2. The van der Waals surface area contributed by atoms with Crippen LogP contribution in [0.4, 0.5) is 0 Å². The van der Waals surface area contributed by atoms with E-state index >= 15 is 0 Å². The third kappa shape index (κ3) is 7.71. The molecule has 0 aliphatic heterocycles. The Balaban J connectivity index is 2.14. The average molecular weight is 276 g/mol. The van der Waals surface area contributed by atoms with Crippen molar-refractivity contribution in [2.24, 2.45) is 0 Å². The van der Waals surface area contributed by atoms with Gasteiger partial charge in [0.25, 0.3) is 0 Å². The molecule has 0 unspecified atom stereocenters. The molecule has 1 aromatic carbocycles. The highest BCUT2D eigenvalue weighted by Crippen LogP contribution is 2.09. The van der Waals surface area contributed by atoms with E-state index in [1.165, 1.54) is 0 Å². The minimum absolute atomic E-state index is 0.588. The Morgan fingerprint density at radius 3 is 2.60 bits per heavy atom. The topological polar surface area (TPSA) is 50.4 Å². The molecule has 1 aromatic rings. The molecule has 0 fully saturated rings. The van der Waals surface area contributed by atoms with E-state index in [4.69, 9.17) is 4.74 Å². The summed E-state index contributed by atoms with van der Waals surface area (Å²) in [6, 6.07) is 9.34. The standard InChI is InChI=1S/C16H24N2O2/c1-17-12-8-3-2-4-9-13-18-16(14-19)20-15-10-6-5-7-11-15/h2,4-7,10-11,14,16-18H,3,8-9,12-13H2,1H3/b4-2-/t16-/m1/s1. The van der Waals surface area contributed by atoms with Crippen molar-refractivity contribution in [2.75, 3.05) is 20.1 Å². The molecule has 4 heteroatoms. The first-order valence-electron chi connectivity index (χ1n) is 7.07. The van der Waals surface area contributed by atoms with Crippen LogP contribution < -0.4 is 15.4 Å². The van der Waals surface area contributed by atoms with Crippen molar-refractivity contribution in [3.05, 3.63) is 42.5 Å². The first-order valence-corrected chi connectivity index (χ1v) is 7.07. The van der Waals surface area contributed by atoms with Crippen molar-refractivity contribution in [1.29, 1.82) is 0 Å². The Morgan fingerprint density at radius 2 is 1.90 bits per heavy atom. The second-order valence-electron chi connectivity index (χ2n) is 4.45. The molecule has 0 heterocycles. The van der Waals surface area contributed by atoms with Gasteiger partial charge in [0.1, 0.15) is 5.75 Å². The van der Waals surface area contributed by atoms with Gasteiger partial charge in [-0.2, -0.15) is 0 Å². The van der Waals surface area contributed by atoms with Crippen LogP contribution in [0.5, 0.6) is 5.75 Å². The molecule has 2 N–H and O–H groups in total. The summed E-state index contributed by atoms with van der Waals surface area (Å²) in [4.78, 5) is 10.9. The number of benzene rings is 1. The van der Waals surface area contributed by atoms with E-state index in [0.29, 0.717) is 5.75 Å². The second kappa shape index (κ2) is 11.2. The van der Waals surface area contributed by atoms with Gasteiger partial charge in [-0.25, -0.2) is 0 Å². The Morgan fingerprint density at radius 1 is 1.15 bits per heavy atom. The molecule has 0 bridgehead atoms. The van der Waals surface area contributed by atoms with Gasteiger partial charge in [-0.3, -0.25) is 10.1 Å². The first-order chi connectivity index (χ1) is 9.86. The second-order valence-corrected chi connectivity index (χ2v) is 4.45. The molecule has 1 atom stereocenters. The Labute approximate surface area is 121 Å². The highest BCUT2D eigenvalue weighted by molar-refractivity contribution is 5.56. The maximum absolute atomic E-state index is 10.9. The molecule has 0 aliphatic rings. The van der Waals surface area contributed by atoms with E-state index < -0.39 is 6.23 Å². The van der Waals surface area contributed by atoms with Crippen molar-refractivity contribution >= 4 is 6.29 Å². The lowest BCUT2D eigenvalue weighted by Gasteiger charge is -2.14. The zero-order valence-electron chi connectivity index (χ0n) is 12.0. The van der Waals surface area contributed by atoms with Crippen LogP contribution >= 0.6 is 0 Å². The fourth-order valence-electron chi connectivity index (χ4n) is 1.70. The van der Waals surface area contributed by atoms with Crippen LogP contribution in [-0.4, -0.2) is 32.7 Å². The van der Waals surface area contributed by atoms with Crippen molar-refractivity contribution in [1.82, 2.24) is 10.6 Å². The molecule has 0 amide bonds. The van der Waals surface area contributed by atoms with Crippen LogP contribution in [-0.2, 0) is 4.79 Å². The van der Waals surface area contributed by atoms with Gasteiger partial charge < -0.3 is 10.1 Å². The van der Waals surface area contributed by atoms with Gasteiger partial charge in [0, 0.05) is 6.54 Å². The number of ether oxygens (including phenoxy) is 1. The lowest BCUT2D eigenvalue weighted by molar-refractivity contribution is -0.114. The molecule has 1 rings (SSSR count). The molecule has 0 saturated heterocycles. The van der Waals surface area contributed by atoms with Crippen molar-refractivity contribution in [3.8, 4) is 5.75 Å². The smallest absolute Gasteiger partial charge is 0.206 e. The molecule has 110 valence electrons. The summed E-state index contributed by atoms with van der Waals surface area (Å²) in [5.74, 6) is 0.694. The maximum atomic E-state index is 10.9. The molecule has 0 aromatic heterocycles. The summed E-state index contributed by atoms with van der Waals surface area (Å²) < 4.78 is 5.51. The summed E-state index contributed by atoms with van der Waals surface area (Å²) >= 11 is 0. The van der Waals surface area contributed by atoms with Gasteiger partial charge in [0.05, 0.1) is 0 Å². The maximum Gasteiger partial charge on any atom is 0.206 e. The Kier molecular flexibility index (Phi) is 9.19. The van der Waals surface area contributed by atoms with Gasteiger partial charge in [-0.15, -0.1) is 0 Å².